The van der Waals surface area contributed by atoms with Crippen LogP contribution in [0, 0.1) is 0 Å². The predicted molar refractivity (Wildman–Crippen MR) is 116 cm³/mol. The third-order valence-corrected chi connectivity index (χ3v) is 5.25. The molecule has 0 aliphatic carbocycles. The van der Waals surface area contributed by atoms with Gasteiger partial charge in [0.2, 0.25) is 0 Å². The fourth-order valence-corrected chi connectivity index (χ4v) is 3.53. The van der Waals surface area contributed by atoms with Crippen LogP contribution in [0.25, 0.3) is 0 Å². The fourth-order valence-electron chi connectivity index (χ4n) is 2.20. The zero-order valence-corrected chi connectivity index (χ0v) is 16.7. The molecule has 0 aliphatic heterocycles. The van der Waals surface area contributed by atoms with Crippen molar-refractivity contribution in [3.8, 4) is 0 Å². The van der Waals surface area contributed by atoms with E-state index in [9.17, 15) is 0 Å². The summed E-state index contributed by atoms with van der Waals surface area (Å²) in [6.45, 7) is 0. The molecule has 5 heteroatoms. The lowest BCUT2D eigenvalue weighted by Crippen LogP contribution is -1.95. The van der Waals surface area contributed by atoms with Gasteiger partial charge in [0.05, 0.1) is 16.4 Å². The highest BCUT2D eigenvalue weighted by atomic mass is 35.5. The van der Waals surface area contributed by atoms with E-state index in [1.54, 1.807) is 6.07 Å². The molecule has 0 saturated carbocycles. The van der Waals surface area contributed by atoms with Crippen molar-refractivity contribution in [2.24, 2.45) is 4.99 Å². The SMILES string of the molecule is Clc1ccc(C(C=CSc2ccc(Cl)cc2Cl)=Nc2ccccc2)cc1. The van der Waals surface area contributed by atoms with E-state index in [0.717, 1.165) is 21.9 Å². The zero-order valence-electron chi connectivity index (χ0n) is 13.6. The van der Waals surface area contributed by atoms with E-state index in [1.165, 1.54) is 11.8 Å². The van der Waals surface area contributed by atoms with Crippen LogP contribution in [0.3, 0.4) is 0 Å². The molecule has 0 heterocycles. The van der Waals surface area contributed by atoms with Crippen LogP contribution in [0.15, 0.2) is 94.2 Å². The molecule has 0 bridgehead atoms. The standard InChI is InChI=1S/C21H14Cl3NS/c22-16-8-6-15(7-9-16)20(25-18-4-2-1-3-5-18)12-13-26-21-11-10-17(23)14-19(21)24/h1-14H. The molecule has 0 unspecified atom stereocenters. The molecule has 0 aliphatic rings. The lowest BCUT2D eigenvalue weighted by Gasteiger charge is -2.04. The Bertz CT molecular complexity index is 935. The van der Waals surface area contributed by atoms with Crippen molar-refractivity contribution in [3.63, 3.8) is 0 Å². The molecule has 0 amide bonds. The van der Waals surface area contributed by atoms with E-state index in [-0.39, 0.29) is 0 Å². The van der Waals surface area contributed by atoms with Gasteiger partial charge in [0.1, 0.15) is 0 Å². The van der Waals surface area contributed by atoms with Gasteiger partial charge in [-0.05, 0) is 53.9 Å². The Kier molecular flexibility index (Phi) is 6.81. The van der Waals surface area contributed by atoms with Crippen LogP contribution in [0.1, 0.15) is 5.56 Å². The molecule has 3 rings (SSSR count). The second-order valence-corrected chi connectivity index (χ2v) is 7.56. The number of hydrogen-bond donors (Lipinski definition) is 0. The first kappa shape index (κ1) is 19.1. The molecular formula is C21H14Cl3NS. The van der Waals surface area contributed by atoms with Crippen LogP contribution < -0.4 is 0 Å². The van der Waals surface area contributed by atoms with Crippen molar-refractivity contribution in [2.45, 2.75) is 4.90 Å². The Labute approximate surface area is 172 Å². The summed E-state index contributed by atoms with van der Waals surface area (Å²) in [6.07, 6.45) is 1.96. The van der Waals surface area contributed by atoms with Crippen LogP contribution in [0.2, 0.25) is 15.1 Å². The van der Waals surface area contributed by atoms with Crippen molar-refractivity contribution in [1.29, 1.82) is 0 Å². The quantitative estimate of drug-likeness (QED) is 0.301. The second-order valence-electron chi connectivity index (χ2n) is 5.33. The zero-order chi connectivity index (χ0) is 18.4. The van der Waals surface area contributed by atoms with Gasteiger partial charge in [-0.2, -0.15) is 0 Å². The molecule has 0 N–H and O–H groups in total. The molecule has 3 aromatic carbocycles. The Balaban J connectivity index is 1.88. The minimum atomic E-state index is 0.621. The molecule has 0 spiro atoms. The van der Waals surface area contributed by atoms with E-state index in [4.69, 9.17) is 39.8 Å². The monoisotopic (exact) mass is 417 g/mol. The topological polar surface area (TPSA) is 12.4 Å². The highest BCUT2D eigenvalue weighted by Crippen LogP contribution is 2.30. The maximum Gasteiger partial charge on any atom is 0.0714 e. The third-order valence-electron chi connectivity index (χ3n) is 3.46. The summed E-state index contributed by atoms with van der Waals surface area (Å²) in [4.78, 5) is 5.68. The number of hydrogen-bond acceptors (Lipinski definition) is 2. The Morgan fingerprint density at radius 1 is 0.808 bits per heavy atom. The van der Waals surface area contributed by atoms with Crippen molar-refractivity contribution < 1.29 is 0 Å². The van der Waals surface area contributed by atoms with Crippen LogP contribution in [0.4, 0.5) is 5.69 Å². The number of halogens is 3. The van der Waals surface area contributed by atoms with E-state index in [0.29, 0.717) is 15.1 Å². The fraction of sp³-hybridized carbons (Fsp3) is 0. The van der Waals surface area contributed by atoms with Crippen molar-refractivity contribution in [3.05, 3.63) is 105 Å². The van der Waals surface area contributed by atoms with Gasteiger partial charge in [-0.3, -0.25) is 0 Å². The van der Waals surface area contributed by atoms with Crippen LogP contribution in [-0.4, -0.2) is 5.71 Å². The first-order valence-corrected chi connectivity index (χ1v) is 9.81. The van der Waals surface area contributed by atoms with Crippen molar-refractivity contribution in [1.82, 2.24) is 0 Å². The molecule has 3 aromatic rings. The number of para-hydroxylation sites is 1. The Morgan fingerprint density at radius 2 is 1.50 bits per heavy atom. The molecule has 0 fully saturated rings. The number of rotatable bonds is 5. The van der Waals surface area contributed by atoms with Crippen molar-refractivity contribution in [2.75, 3.05) is 0 Å². The largest absolute Gasteiger partial charge is 0.248 e. The average molecular weight is 419 g/mol. The summed E-state index contributed by atoms with van der Waals surface area (Å²) < 4.78 is 0. The molecule has 1 nitrogen and oxygen atoms in total. The smallest absolute Gasteiger partial charge is 0.0714 e. The normalized spacial score (nSPS) is 11.9. The molecular weight excluding hydrogens is 405 g/mol. The van der Waals surface area contributed by atoms with E-state index in [2.05, 4.69) is 0 Å². The minimum Gasteiger partial charge on any atom is -0.248 e. The minimum absolute atomic E-state index is 0.621. The summed E-state index contributed by atoms with van der Waals surface area (Å²) in [7, 11) is 0. The third kappa shape index (κ3) is 5.39. The number of allylic oxidation sites excluding steroid dienone is 1. The van der Waals surface area contributed by atoms with Crippen LogP contribution >= 0.6 is 46.6 Å². The molecule has 26 heavy (non-hydrogen) atoms. The highest BCUT2D eigenvalue weighted by Gasteiger charge is 2.03. The predicted octanol–water partition coefficient (Wildman–Crippen LogP) is 8.07. The Morgan fingerprint density at radius 3 is 2.19 bits per heavy atom. The van der Waals surface area contributed by atoms with Crippen molar-refractivity contribution >= 4 is 58.0 Å². The summed E-state index contributed by atoms with van der Waals surface area (Å²) in [6, 6.07) is 22.9. The molecule has 0 radical (unpaired) electrons. The second kappa shape index (κ2) is 9.29. The summed E-state index contributed by atoms with van der Waals surface area (Å²) in [5.41, 5.74) is 2.71. The first-order chi connectivity index (χ1) is 12.6. The van der Waals surface area contributed by atoms with Gasteiger partial charge in [-0.15, -0.1) is 0 Å². The highest BCUT2D eigenvalue weighted by molar-refractivity contribution is 8.02. The maximum absolute atomic E-state index is 6.22. The number of benzene rings is 3. The number of nitrogens with zero attached hydrogens (tertiary/aromatic N) is 1. The van der Waals surface area contributed by atoms with Gasteiger partial charge < -0.3 is 0 Å². The molecule has 0 aromatic heterocycles. The summed E-state index contributed by atoms with van der Waals surface area (Å²) in [5, 5.41) is 3.90. The maximum atomic E-state index is 6.22. The molecule has 130 valence electrons. The van der Waals surface area contributed by atoms with E-state index >= 15 is 0 Å². The first-order valence-electron chi connectivity index (χ1n) is 7.80. The lowest BCUT2D eigenvalue weighted by molar-refractivity contribution is 1.47. The average Bonchev–Trinajstić information content (AvgIpc) is 2.64. The summed E-state index contributed by atoms with van der Waals surface area (Å²) in [5.74, 6) is 0. The van der Waals surface area contributed by atoms with Gasteiger partial charge >= 0.3 is 0 Å². The number of thioether (sulfide) groups is 1. The lowest BCUT2D eigenvalue weighted by atomic mass is 10.1. The van der Waals surface area contributed by atoms with Gasteiger partial charge in [0, 0.05) is 20.5 Å². The van der Waals surface area contributed by atoms with Gasteiger partial charge in [-0.1, -0.05) is 76.9 Å². The van der Waals surface area contributed by atoms with E-state index in [1.807, 2.05) is 78.2 Å². The van der Waals surface area contributed by atoms with E-state index < -0.39 is 0 Å². The number of aliphatic imine (C=N–C) groups is 1. The van der Waals surface area contributed by atoms with Crippen LogP contribution in [-0.2, 0) is 0 Å². The van der Waals surface area contributed by atoms with Crippen LogP contribution in [0.5, 0.6) is 0 Å². The summed E-state index contributed by atoms with van der Waals surface area (Å²) >= 11 is 19.7. The molecule has 0 saturated heterocycles. The Hall–Kier alpha value is -1.71. The molecule has 0 atom stereocenters. The van der Waals surface area contributed by atoms with Gasteiger partial charge in [0.15, 0.2) is 0 Å². The van der Waals surface area contributed by atoms with Gasteiger partial charge in [-0.25, -0.2) is 4.99 Å². The van der Waals surface area contributed by atoms with Gasteiger partial charge in [0.25, 0.3) is 0 Å².